The van der Waals surface area contributed by atoms with Crippen LogP contribution >= 0.6 is 23.4 Å². The van der Waals surface area contributed by atoms with Crippen LogP contribution in [0.3, 0.4) is 0 Å². The molecule has 0 bridgehead atoms. The number of rotatable bonds is 5. The van der Waals surface area contributed by atoms with Crippen LogP contribution in [0.5, 0.6) is 0 Å². The van der Waals surface area contributed by atoms with Crippen LogP contribution in [0, 0.1) is 11.3 Å². The SMILES string of the molecule is CSC=C(CCCC#N)c1ccc(Cl)cc1. The van der Waals surface area contributed by atoms with Crippen molar-refractivity contribution in [1.82, 2.24) is 0 Å². The number of benzene rings is 1. The van der Waals surface area contributed by atoms with E-state index in [-0.39, 0.29) is 0 Å². The fourth-order valence-electron chi connectivity index (χ4n) is 1.44. The number of nitriles is 1. The molecule has 1 nitrogen and oxygen atoms in total. The Balaban J connectivity index is 2.74. The first-order valence-corrected chi connectivity index (χ1v) is 6.79. The van der Waals surface area contributed by atoms with Crippen molar-refractivity contribution < 1.29 is 0 Å². The normalized spacial score (nSPS) is 11.2. The highest BCUT2D eigenvalue weighted by molar-refractivity contribution is 8.01. The molecule has 1 aromatic carbocycles. The topological polar surface area (TPSA) is 23.8 Å². The molecule has 0 atom stereocenters. The van der Waals surface area contributed by atoms with Gasteiger partial charge >= 0.3 is 0 Å². The summed E-state index contributed by atoms with van der Waals surface area (Å²) in [6.45, 7) is 0. The number of allylic oxidation sites excluding steroid dienone is 1. The van der Waals surface area contributed by atoms with Crippen LogP contribution < -0.4 is 0 Å². The third kappa shape index (κ3) is 4.30. The smallest absolute Gasteiger partial charge is 0.0621 e. The second kappa shape index (κ2) is 7.38. The molecule has 0 aliphatic rings. The highest BCUT2D eigenvalue weighted by atomic mass is 35.5. The molecular formula is C13H14ClNS. The van der Waals surface area contributed by atoms with Crippen LogP contribution in [0.2, 0.25) is 5.02 Å². The predicted octanol–water partition coefficient (Wildman–Crippen LogP) is 4.74. The van der Waals surface area contributed by atoms with Crippen LogP contribution in [0.1, 0.15) is 24.8 Å². The largest absolute Gasteiger partial charge is 0.198 e. The van der Waals surface area contributed by atoms with E-state index in [0.29, 0.717) is 6.42 Å². The molecule has 0 saturated heterocycles. The van der Waals surface area contributed by atoms with Crippen molar-refractivity contribution in [2.24, 2.45) is 0 Å². The Bertz CT molecular complexity index is 389. The fourth-order valence-corrected chi connectivity index (χ4v) is 2.10. The van der Waals surface area contributed by atoms with Crippen molar-refractivity contribution >= 4 is 28.9 Å². The van der Waals surface area contributed by atoms with E-state index in [1.807, 2.05) is 30.5 Å². The molecule has 0 saturated carbocycles. The average Bonchev–Trinajstić information content (AvgIpc) is 2.29. The minimum atomic E-state index is 0.610. The van der Waals surface area contributed by atoms with Gasteiger partial charge in [0.2, 0.25) is 0 Å². The van der Waals surface area contributed by atoms with Crippen LogP contribution in [0.15, 0.2) is 29.7 Å². The van der Waals surface area contributed by atoms with Gasteiger partial charge in [0.1, 0.15) is 0 Å². The molecule has 16 heavy (non-hydrogen) atoms. The summed E-state index contributed by atoms with van der Waals surface area (Å²) in [4.78, 5) is 0. The van der Waals surface area contributed by atoms with Gasteiger partial charge in [-0.3, -0.25) is 0 Å². The van der Waals surface area contributed by atoms with Crippen molar-refractivity contribution in [2.75, 3.05) is 6.26 Å². The van der Waals surface area contributed by atoms with E-state index in [0.717, 1.165) is 17.9 Å². The maximum Gasteiger partial charge on any atom is 0.0621 e. The molecule has 0 spiro atoms. The van der Waals surface area contributed by atoms with Gasteiger partial charge in [0, 0.05) is 11.4 Å². The average molecular weight is 252 g/mol. The molecule has 3 heteroatoms. The molecule has 1 aromatic rings. The minimum Gasteiger partial charge on any atom is -0.198 e. The van der Waals surface area contributed by atoms with Crippen molar-refractivity contribution in [2.45, 2.75) is 19.3 Å². The highest BCUT2D eigenvalue weighted by Gasteiger charge is 2.01. The highest BCUT2D eigenvalue weighted by Crippen LogP contribution is 2.24. The molecule has 1 rings (SSSR count). The molecule has 0 aliphatic heterocycles. The summed E-state index contributed by atoms with van der Waals surface area (Å²) in [5.41, 5.74) is 2.47. The number of hydrogen-bond acceptors (Lipinski definition) is 2. The first-order valence-electron chi connectivity index (χ1n) is 5.12. The van der Waals surface area contributed by atoms with E-state index in [2.05, 4.69) is 11.5 Å². The van der Waals surface area contributed by atoms with E-state index >= 15 is 0 Å². The third-order valence-corrected chi connectivity index (χ3v) is 2.98. The lowest BCUT2D eigenvalue weighted by Gasteiger charge is -2.06. The Morgan fingerprint density at radius 2 is 2.12 bits per heavy atom. The summed E-state index contributed by atoms with van der Waals surface area (Å²) >= 11 is 7.54. The minimum absolute atomic E-state index is 0.610. The Morgan fingerprint density at radius 3 is 2.69 bits per heavy atom. The molecule has 0 aromatic heterocycles. The van der Waals surface area contributed by atoms with Gasteiger partial charge in [-0.1, -0.05) is 23.7 Å². The Morgan fingerprint density at radius 1 is 1.44 bits per heavy atom. The van der Waals surface area contributed by atoms with Gasteiger partial charge in [-0.05, 0) is 47.8 Å². The van der Waals surface area contributed by atoms with Crippen LogP contribution in [0.4, 0.5) is 0 Å². The number of hydrogen-bond donors (Lipinski definition) is 0. The molecule has 0 fully saturated rings. The molecule has 0 N–H and O–H groups in total. The summed E-state index contributed by atoms with van der Waals surface area (Å²) in [5.74, 6) is 0. The summed E-state index contributed by atoms with van der Waals surface area (Å²) in [7, 11) is 0. The van der Waals surface area contributed by atoms with Gasteiger partial charge in [0.15, 0.2) is 0 Å². The zero-order valence-corrected chi connectivity index (χ0v) is 10.8. The summed E-state index contributed by atoms with van der Waals surface area (Å²) in [6, 6.07) is 10.0. The van der Waals surface area contributed by atoms with E-state index in [9.17, 15) is 0 Å². The van der Waals surface area contributed by atoms with Crippen molar-refractivity contribution in [3.63, 3.8) is 0 Å². The van der Waals surface area contributed by atoms with Gasteiger partial charge < -0.3 is 0 Å². The van der Waals surface area contributed by atoms with Gasteiger partial charge in [0.05, 0.1) is 6.07 Å². The molecular weight excluding hydrogens is 238 g/mol. The molecule has 0 radical (unpaired) electrons. The summed E-state index contributed by atoms with van der Waals surface area (Å²) in [5, 5.41) is 11.4. The summed E-state index contributed by atoms with van der Waals surface area (Å²) < 4.78 is 0. The maximum absolute atomic E-state index is 8.52. The van der Waals surface area contributed by atoms with Gasteiger partial charge in [0.25, 0.3) is 0 Å². The second-order valence-corrected chi connectivity index (χ2v) is 4.54. The van der Waals surface area contributed by atoms with E-state index in [1.54, 1.807) is 11.8 Å². The lowest BCUT2D eigenvalue weighted by atomic mass is 10.0. The predicted molar refractivity (Wildman–Crippen MR) is 72.4 cm³/mol. The maximum atomic E-state index is 8.52. The van der Waals surface area contributed by atoms with E-state index in [1.165, 1.54) is 11.1 Å². The molecule has 0 aliphatic carbocycles. The fraction of sp³-hybridized carbons (Fsp3) is 0.308. The van der Waals surface area contributed by atoms with E-state index < -0.39 is 0 Å². The first kappa shape index (κ1) is 13.2. The van der Waals surface area contributed by atoms with Crippen LogP contribution in [-0.4, -0.2) is 6.26 Å². The van der Waals surface area contributed by atoms with Gasteiger partial charge in [-0.2, -0.15) is 5.26 Å². The molecule has 84 valence electrons. The number of halogens is 1. The second-order valence-electron chi connectivity index (χ2n) is 3.40. The zero-order chi connectivity index (χ0) is 11.8. The van der Waals surface area contributed by atoms with Crippen LogP contribution in [0.25, 0.3) is 5.57 Å². The Labute approximate surface area is 106 Å². The van der Waals surface area contributed by atoms with Crippen molar-refractivity contribution in [3.8, 4) is 6.07 Å². The number of thioether (sulfide) groups is 1. The van der Waals surface area contributed by atoms with Crippen molar-refractivity contribution in [3.05, 3.63) is 40.3 Å². The number of unbranched alkanes of at least 4 members (excludes halogenated alkanes) is 1. The quantitative estimate of drug-likeness (QED) is 0.706. The standard InChI is InChI=1S/C13H14ClNS/c1-16-10-12(4-2-3-9-15)11-5-7-13(14)8-6-11/h5-8,10H,2-4H2,1H3. The third-order valence-electron chi connectivity index (χ3n) is 2.21. The summed E-state index contributed by atoms with van der Waals surface area (Å²) in [6.07, 6.45) is 4.50. The van der Waals surface area contributed by atoms with E-state index in [4.69, 9.17) is 16.9 Å². The van der Waals surface area contributed by atoms with Gasteiger partial charge in [-0.25, -0.2) is 0 Å². The lowest BCUT2D eigenvalue weighted by molar-refractivity contribution is 0.889. The number of nitrogens with zero attached hydrogens (tertiary/aromatic N) is 1. The van der Waals surface area contributed by atoms with Crippen LogP contribution in [-0.2, 0) is 0 Å². The molecule has 0 unspecified atom stereocenters. The lowest BCUT2D eigenvalue weighted by Crippen LogP contribution is -1.84. The Hall–Kier alpha value is -0.910. The van der Waals surface area contributed by atoms with Crippen molar-refractivity contribution in [1.29, 1.82) is 5.26 Å². The van der Waals surface area contributed by atoms with Gasteiger partial charge in [-0.15, -0.1) is 11.8 Å². The zero-order valence-electron chi connectivity index (χ0n) is 9.24. The molecule has 0 heterocycles. The molecule has 0 amide bonds. The first-order chi connectivity index (χ1) is 7.77. The Kier molecular flexibility index (Phi) is 6.07. The monoisotopic (exact) mass is 251 g/mol.